The van der Waals surface area contributed by atoms with Gasteiger partial charge in [-0.05, 0) is 99.0 Å². The van der Waals surface area contributed by atoms with E-state index in [1.807, 2.05) is 0 Å². The predicted octanol–water partition coefficient (Wildman–Crippen LogP) is 5.00. The second-order valence-corrected chi connectivity index (χ2v) is 10.8. The minimum absolute atomic E-state index is 0.147. The monoisotopic (exact) mass is 372 g/mol. The summed E-state index contributed by atoms with van der Waals surface area (Å²) in [6, 6.07) is 0. The number of rotatable bonds is 0. The number of ether oxygens (including phenoxy) is 2. The third-order valence-corrected chi connectivity index (χ3v) is 9.16. The van der Waals surface area contributed by atoms with E-state index in [0.29, 0.717) is 17.8 Å². The zero-order chi connectivity index (χ0) is 19.2. The number of hydrogen-bond acceptors (Lipinski definition) is 3. The number of allylic oxidation sites excluding steroid dienone is 2. The lowest BCUT2D eigenvalue weighted by molar-refractivity contribution is -0.143. The van der Waals surface area contributed by atoms with Gasteiger partial charge in [-0.15, -0.1) is 0 Å². The third kappa shape index (κ3) is 2.37. The molecule has 0 radical (unpaired) electrons. The summed E-state index contributed by atoms with van der Waals surface area (Å²) in [5, 5.41) is 10.7. The lowest BCUT2D eigenvalue weighted by Gasteiger charge is -2.58. The molecule has 0 spiro atoms. The molecular formula is C24H36O3. The summed E-state index contributed by atoms with van der Waals surface area (Å²) in [4.78, 5) is 0. The fourth-order valence-corrected chi connectivity index (χ4v) is 8.02. The van der Waals surface area contributed by atoms with Crippen LogP contribution in [0.15, 0.2) is 23.3 Å². The highest BCUT2D eigenvalue weighted by Gasteiger charge is 2.61. The minimum Gasteiger partial charge on any atom is -0.389 e. The van der Waals surface area contributed by atoms with Crippen molar-refractivity contribution in [1.82, 2.24) is 0 Å². The van der Waals surface area contributed by atoms with Crippen molar-refractivity contribution in [2.24, 2.45) is 28.6 Å². The van der Waals surface area contributed by atoms with E-state index in [0.717, 1.165) is 19.3 Å². The smallest absolute Gasteiger partial charge is 0.164 e. The van der Waals surface area contributed by atoms with Crippen molar-refractivity contribution in [2.75, 3.05) is 0 Å². The van der Waals surface area contributed by atoms with Gasteiger partial charge in [-0.2, -0.15) is 0 Å². The van der Waals surface area contributed by atoms with E-state index in [-0.39, 0.29) is 29.1 Å². The van der Waals surface area contributed by atoms with E-state index in [2.05, 4.69) is 46.8 Å². The Labute approximate surface area is 164 Å². The molecule has 1 saturated heterocycles. The molecule has 3 saturated carbocycles. The summed E-state index contributed by atoms with van der Waals surface area (Å²) in [7, 11) is 0. The normalized spacial score (nSPS) is 54.7. The molecule has 0 unspecified atom stereocenters. The van der Waals surface area contributed by atoms with Gasteiger partial charge in [0.15, 0.2) is 5.79 Å². The van der Waals surface area contributed by atoms with Gasteiger partial charge in [0, 0.05) is 0 Å². The second kappa shape index (κ2) is 5.70. The molecule has 8 atom stereocenters. The van der Waals surface area contributed by atoms with Crippen molar-refractivity contribution < 1.29 is 14.6 Å². The van der Waals surface area contributed by atoms with Gasteiger partial charge in [0.05, 0.1) is 12.2 Å². The van der Waals surface area contributed by atoms with Crippen LogP contribution >= 0.6 is 0 Å². The van der Waals surface area contributed by atoms with Crippen LogP contribution in [0.4, 0.5) is 0 Å². The minimum atomic E-state index is -0.459. The molecule has 1 heterocycles. The molecule has 0 aromatic heterocycles. The molecule has 0 aromatic rings. The summed E-state index contributed by atoms with van der Waals surface area (Å²) in [6.45, 7) is 11.2. The molecule has 4 aliphatic carbocycles. The Balaban J connectivity index is 1.50. The Morgan fingerprint density at radius 2 is 1.78 bits per heavy atom. The van der Waals surface area contributed by atoms with Crippen LogP contribution in [0.3, 0.4) is 0 Å². The zero-order valence-electron chi connectivity index (χ0n) is 17.6. The summed E-state index contributed by atoms with van der Waals surface area (Å²) in [5.74, 6) is 1.56. The van der Waals surface area contributed by atoms with Crippen LogP contribution in [0, 0.1) is 28.6 Å². The van der Waals surface area contributed by atoms with Crippen LogP contribution in [0.2, 0.25) is 0 Å². The van der Waals surface area contributed by atoms with Crippen molar-refractivity contribution in [2.45, 2.75) is 97.2 Å². The molecule has 3 heteroatoms. The highest BCUT2D eigenvalue weighted by atomic mass is 16.8. The largest absolute Gasteiger partial charge is 0.389 e. The summed E-state index contributed by atoms with van der Waals surface area (Å²) in [6.07, 6.45) is 11.8. The number of hydrogen-bond donors (Lipinski definition) is 1. The molecule has 1 N–H and O–H groups in total. The number of fused-ring (bicyclic) bond motifs is 7. The first kappa shape index (κ1) is 18.4. The molecular weight excluding hydrogens is 336 g/mol. The molecule has 5 aliphatic rings. The van der Waals surface area contributed by atoms with Gasteiger partial charge >= 0.3 is 0 Å². The molecule has 27 heavy (non-hydrogen) atoms. The molecule has 0 bridgehead atoms. The van der Waals surface area contributed by atoms with Crippen molar-refractivity contribution in [3.63, 3.8) is 0 Å². The van der Waals surface area contributed by atoms with Crippen LogP contribution in [0.5, 0.6) is 0 Å². The predicted molar refractivity (Wildman–Crippen MR) is 106 cm³/mol. The van der Waals surface area contributed by atoms with Crippen LogP contribution in [0.25, 0.3) is 0 Å². The van der Waals surface area contributed by atoms with Crippen LogP contribution in [0.1, 0.15) is 73.1 Å². The molecule has 150 valence electrons. The zero-order valence-corrected chi connectivity index (χ0v) is 17.6. The van der Waals surface area contributed by atoms with Gasteiger partial charge in [-0.1, -0.05) is 26.0 Å². The summed E-state index contributed by atoms with van der Waals surface area (Å²) in [5.41, 5.74) is 3.27. The van der Waals surface area contributed by atoms with E-state index in [1.54, 1.807) is 0 Å². The van der Waals surface area contributed by atoms with Gasteiger partial charge < -0.3 is 14.6 Å². The fourth-order valence-electron chi connectivity index (χ4n) is 8.02. The molecule has 3 nitrogen and oxygen atoms in total. The molecule has 0 aromatic carbocycles. The first-order chi connectivity index (χ1) is 12.7. The van der Waals surface area contributed by atoms with E-state index in [9.17, 15) is 5.11 Å². The number of aliphatic hydroxyl groups excluding tert-OH is 1. The lowest BCUT2D eigenvalue weighted by atomic mass is 9.47. The summed E-state index contributed by atoms with van der Waals surface area (Å²) >= 11 is 0. The Morgan fingerprint density at radius 3 is 2.52 bits per heavy atom. The van der Waals surface area contributed by atoms with Gasteiger partial charge in [-0.25, -0.2) is 0 Å². The maximum Gasteiger partial charge on any atom is 0.164 e. The van der Waals surface area contributed by atoms with E-state index >= 15 is 0 Å². The Kier molecular flexibility index (Phi) is 3.89. The van der Waals surface area contributed by atoms with Crippen molar-refractivity contribution in [3.8, 4) is 0 Å². The fraction of sp³-hybridized carbons (Fsp3) is 0.833. The quantitative estimate of drug-likeness (QED) is 0.608. The number of aliphatic hydroxyl groups is 1. The van der Waals surface area contributed by atoms with Crippen LogP contribution < -0.4 is 0 Å². The van der Waals surface area contributed by atoms with Gasteiger partial charge in [0.2, 0.25) is 0 Å². The molecule has 1 aliphatic heterocycles. The van der Waals surface area contributed by atoms with Gasteiger partial charge in [-0.3, -0.25) is 0 Å². The Morgan fingerprint density at radius 1 is 1.04 bits per heavy atom. The Hall–Kier alpha value is -0.640. The van der Waals surface area contributed by atoms with E-state index in [4.69, 9.17) is 9.47 Å². The topological polar surface area (TPSA) is 38.7 Å². The average Bonchev–Trinajstić information content (AvgIpc) is 3.05. The average molecular weight is 373 g/mol. The first-order valence-electron chi connectivity index (χ1n) is 11.1. The highest BCUT2D eigenvalue weighted by Crippen LogP contribution is 2.66. The molecule has 0 amide bonds. The van der Waals surface area contributed by atoms with Gasteiger partial charge in [0.1, 0.15) is 6.10 Å². The Bertz CT molecular complexity index is 706. The van der Waals surface area contributed by atoms with Crippen molar-refractivity contribution in [3.05, 3.63) is 23.3 Å². The van der Waals surface area contributed by atoms with Crippen LogP contribution in [-0.2, 0) is 9.47 Å². The third-order valence-electron chi connectivity index (χ3n) is 9.16. The van der Waals surface area contributed by atoms with Crippen LogP contribution in [-0.4, -0.2) is 29.2 Å². The lowest BCUT2D eigenvalue weighted by Crippen LogP contribution is -2.52. The van der Waals surface area contributed by atoms with Gasteiger partial charge in [0.25, 0.3) is 0 Å². The van der Waals surface area contributed by atoms with E-state index in [1.165, 1.54) is 30.4 Å². The van der Waals surface area contributed by atoms with Crippen molar-refractivity contribution in [1.29, 1.82) is 0 Å². The molecule has 4 fully saturated rings. The standard InChI is InChI=1S/C24H36O3/c1-6-15-19(25)13-18-14-7-8-17-21-20(26-22(2,3)27-21)10-12-24(17,5)16(14)9-11-23(15,18)4/h6,8,14,16,18-21,25H,7,9-13H2,1-5H3/b15-6+/t14-,16+,18+,19-,20+,21-,23-,24-/m1/s1. The first-order valence-corrected chi connectivity index (χ1v) is 11.1. The van der Waals surface area contributed by atoms with Crippen molar-refractivity contribution >= 4 is 0 Å². The SMILES string of the molecule is C/C=C1\[C@H](O)C[C@H]2[C@@H]3CC=C4[C@H]5OC(C)(C)O[C@H]5CC[C@]4(C)[C@H]3CC[C@]12C. The maximum absolute atomic E-state index is 10.7. The highest BCUT2D eigenvalue weighted by molar-refractivity contribution is 5.33. The second-order valence-electron chi connectivity index (χ2n) is 10.8. The summed E-state index contributed by atoms with van der Waals surface area (Å²) < 4.78 is 12.6. The molecule has 5 rings (SSSR count). The van der Waals surface area contributed by atoms with E-state index < -0.39 is 5.79 Å². The maximum atomic E-state index is 10.7.